The van der Waals surface area contributed by atoms with Crippen molar-refractivity contribution in [3.8, 4) is 11.5 Å². The van der Waals surface area contributed by atoms with Crippen LogP contribution >= 0.6 is 0 Å². The average Bonchev–Trinajstić information content (AvgIpc) is 3.52. The molecule has 4 aromatic rings. The number of amides is 1. The summed E-state index contributed by atoms with van der Waals surface area (Å²) in [6.45, 7) is 1.30. The molecule has 1 N–H and O–H groups in total. The van der Waals surface area contributed by atoms with Crippen LogP contribution < -0.4 is 19.7 Å². The van der Waals surface area contributed by atoms with Gasteiger partial charge in [0.15, 0.2) is 11.6 Å². The highest BCUT2D eigenvalue weighted by Gasteiger charge is 2.70. The predicted octanol–water partition coefficient (Wildman–Crippen LogP) is 5.48. The number of nitrogens with zero attached hydrogens (tertiary/aromatic N) is 1. The maximum absolute atomic E-state index is 14.9. The first-order chi connectivity index (χ1) is 21.3. The Morgan fingerprint density at radius 2 is 1.43 bits per heavy atom. The SMILES string of the molecule is COc1ccc(C(=O)[C@H]2[C@H](C(=O)c3ccc(OC(C)=O)cc3)N3c4ccccc4C=C[C@@H]3[C@@]23C(=O)Nc2ccccc23)cc1. The number of benzene rings is 4. The number of carbonyl (C=O) groups excluding carboxylic acids is 4. The fourth-order valence-corrected chi connectivity index (χ4v) is 7.08. The molecule has 0 bridgehead atoms. The van der Waals surface area contributed by atoms with Crippen molar-refractivity contribution in [1.29, 1.82) is 0 Å². The molecular weight excluding hydrogens is 556 g/mol. The molecule has 1 spiro atoms. The summed E-state index contributed by atoms with van der Waals surface area (Å²) >= 11 is 0. The van der Waals surface area contributed by atoms with E-state index in [0.717, 1.165) is 11.3 Å². The molecule has 4 aromatic carbocycles. The summed E-state index contributed by atoms with van der Waals surface area (Å²) in [5.41, 5.74) is 2.23. The first kappa shape index (κ1) is 27.3. The maximum Gasteiger partial charge on any atom is 0.308 e. The zero-order valence-electron chi connectivity index (χ0n) is 24.0. The molecule has 3 aliphatic heterocycles. The number of methoxy groups -OCH3 is 1. The molecule has 0 saturated carbocycles. The second-order valence-corrected chi connectivity index (χ2v) is 11.1. The third-order valence-electron chi connectivity index (χ3n) is 8.87. The van der Waals surface area contributed by atoms with Crippen molar-refractivity contribution in [2.75, 3.05) is 17.3 Å². The number of esters is 1. The van der Waals surface area contributed by atoms with Crippen LogP contribution in [0.3, 0.4) is 0 Å². The number of anilines is 2. The third-order valence-corrected chi connectivity index (χ3v) is 8.87. The Kier molecular flexibility index (Phi) is 6.43. The quantitative estimate of drug-likeness (QED) is 0.182. The summed E-state index contributed by atoms with van der Waals surface area (Å²) in [6.07, 6.45) is 3.90. The number of Topliss-reactive ketones (excluding diaryl/α,β-unsaturated/α-hetero) is 2. The van der Waals surface area contributed by atoms with Gasteiger partial charge in [-0.2, -0.15) is 0 Å². The highest BCUT2D eigenvalue weighted by molar-refractivity contribution is 6.18. The highest BCUT2D eigenvalue weighted by Crippen LogP contribution is 2.58. The van der Waals surface area contributed by atoms with E-state index in [9.17, 15) is 19.2 Å². The Labute approximate surface area is 253 Å². The summed E-state index contributed by atoms with van der Waals surface area (Å²) < 4.78 is 10.5. The Morgan fingerprint density at radius 1 is 0.795 bits per heavy atom. The molecule has 8 nitrogen and oxygen atoms in total. The van der Waals surface area contributed by atoms with Crippen LogP contribution in [0.25, 0.3) is 6.08 Å². The second-order valence-electron chi connectivity index (χ2n) is 11.1. The molecule has 4 atom stereocenters. The zero-order chi connectivity index (χ0) is 30.6. The minimum absolute atomic E-state index is 0.302. The van der Waals surface area contributed by atoms with E-state index >= 15 is 0 Å². The molecule has 3 heterocycles. The number of nitrogens with one attached hydrogen (secondary N) is 1. The summed E-state index contributed by atoms with van der Waals surface area (Å²) in [5, 5.41) is 3.04. The molecule has 0 aliphatic carbocycles. The van der Waals surface area contributed by atoms with Gasteiger partial charge in [-0.3, -0.25) is 19.2 Å². The Hall–Kier alpha value is -5.50. The number of ketones is 2. The second kappa shape index (κ2) is 10.3. The van der Waals surface area contributed by atoms with E-state index in [1.807, 2.05) is 65.6 Å². The van der Waals surface area contributed by atoms with Gasteiger partial charge in [0.05, 0.1) is 19.1 Å². The lowest BCUT2D eigenvalue weighted by Gasteiger charge is -2.37. The molecule has 1 amide bonds. The van der Waals surface area contributed by atoms with E-state index in [0.29, 0.717) is 33.9 Å². The summed E-state index contributed by atoms with van der Waals surface area (Å²) in [6, 6.07) is 26.4. The minimum atomic E-state index is -1.41. The molecule has 44 heavy (non-hydrogen) atoms. The summed E-state index contributed by atoms with van der Waals surface area (Å²) in [5.74, 6) is -1.66. The molecule has 3 aliphatic rings. The van der Waals surface area contributed by atoms with Gasteiger partial charge in [-0.05, 0) is 71.8 Å². The Bertz CT molecular complexity index is 1860. The van der Waals surface area contributed by atoms with Crippen LogP contribution in [-0.2, 0) is 15.0 Å². The normalized spacial score (nSPS) is 22.5. The number of hydrogen-bond acceptors (Lipinski definition) is 7. The maximum atomic E-state index is 14.9. The molecule has 0 aromatic heterocycles. The topological polar surface area (TPSA) is 102 Å². The van der Waals surface area contributed by atoms with Gasteiger partial charge in [0, 0.05) is 29.4 Å². The van der Waals surface area contributed by atoms with E-state index in [1.165, 1.54) is 6.92 Å². The smallest absolute Gasteiger partial charge is 0.308 e. The van der Waals surface area contributed by atoms with E-state index in [4.69, 9.17) is 9.47 Å². The fourth-order valence-electron chi connectivity index (χ4n) is 7.08. The molecule has 0 unspecified atom stereocenters. The standard InChI is InChI=1S/C36H28N2O6/c1-21(39)44-26-18-13-24(14-19-26)34(41)32-31(33(40)23-11-16-25(43-2)17-12-23)36(27-8-4-5-9-28(27)37-35(36)42)30-20-15-22-7-3-6-10-29(22)38(30)32/h3-20,30-32H,1-2H3,(H,37,42)/t30-,31-,32-,36-/m1/s1. The minimum Gasteiger partial charge on any atom is -0.497 e. The summed E-state index contributed by atoms with van der Waals surface area (Å²) in [4.78, 5) is 57.5. The van der Waals surface area contributed by atoms with Crippen molar-refractivity contribution in [2.45, 2.75) is 24.4 Å². The van der Waals surface area contributed by atoms with Crippen LogP contribution in [0.1, 0.15) is 38.8 Å². The monoisotopic (exact) mass is 584 g/mol. The van der Waals surface area contributed by atoms with Crippen molar-refractivity contribution in [3.05, 3.63) is 125 Å². The van der Waals surface area contributed by atoms with E-state index in [2.05, 4.69) is 5.32 Å². The van der Waals surface area contributed by atoms with Gasteiger partial charge < -0.3 is 19.7 Å². The Morgan fingerprint density at radius 3 is 2.14 bits per heavy atom. The van der Waals surface area contributed by atoms with Gasteiger partial charge in [0.1, 0.15) is 23.0 Å². The van der Waals surface area contributed by atoms with Crippen LogP contribution in [0, 0.1) is 5.92 Å². The highest BCUT2D eigenvalue weighted by atomic mass is 16.5. The van der Waals surface area contributed by atoms with E-state index in [-0.39, 0.29) is 17.5 Å². The first-order valence-electron chi connectivity index (χ1n) is 14.3. The number of para-hydroxylation sites is 2. The van der Waals surface area contributed by atoms with Gasteiger partial charge in [0.2, 0.25) is 5.91 Å². The number of carbonyl (C=O) groups is 4. The number of rotatable bonds is 6. The lowest BCUT2D eigenvalue weighted by atomic mass is 9.64. The van der Waals surface area contributed by atoms with Gasteiger partial charge >= 0.3 is 5.97 Å². The average molecular weight is 585 g/mol. The van der Waals surface area contributed by atoms with Crippen LogP contribution in [0.5, 0.6) is 11.5 Å². The third kappa shape index (κ3) is 3.98. The van der Waals surface area contributed by atoms with Crippen LogP contribution in [0.15, 0.2) is 103 Å². The molecule has 0 radical (unpaired) electrons. The molecule has 1 saturated heterocycles. The van der Waals surface area contributed by atoms with Crippen molar-refractivity contribution in [3.63, 3.8) is 0 Å². The van der Waals surface area contributed by atoms with Crippen molar-refractivity contribution < 1.29 is 28.7 Å². The van der Waals surface area contributed by atoms with Crippen molar-refractivity contribution >= 4 is 40.9 Å². The molecular formula is C36H28N2O6. The first-order valence-corrected chi connectivity index (χ1v) is 14.3. The Balaban J connectivity index is 1.47. The number of hydrogen-bond donors (Lipinski definition) is 1. The molecule has 8 heteroatoms. The van der Waals surface area contributed by atoms with Gasteiger partial charge in [0.25, 0.3) is 0 Å². The number of ether oxygens (including phenoxy) is 2. The molecule has 1 fully saturated rings. The largest absolute Gasteiger partial charge is 0.497 e. The molecule has 218 valence electrons. The van der Waals surface area contributed by atoms with Crippen molar-refractivity contribution in [1.82, 2.24) is 0 Å². The van der Waals surface area contributed by atoms with Gasteiger partial charge in [-0.1, -0.05) is 48.6 Å². The van der Waals surface area contributed by atoms with Gasteiger partial charge in [-0.15, -0.1) is 0 Å². The lowest BCUT2D eigenvalue weighted by molar-refractivity contribution is -0.131. The van der Waals surface area contributed by atoms with Crippen LogP contribution in [0.4, 0.5) is 11.4 Å². The van der Waals surface area contributed by atoms with Crippen molar-refractivity contribution in [2.24, 2.45) is 5.92 Å². The van der Waals surface area contributed by atoms with E-state index < -0.39 is 29.4 Å². The molecule has 7 rings (SSSR count). The fraction of sp³-hybridized carbons (Fsp3) is 0.167. The van der Waals surface area contributed by atoms with Crippen LogP contribution in [0.2, 0.25) is 0 Å². The summed E-state index contributed by atoms with van der Waals surface area (Å²) in [7, 11) is 1.55. The lowest BCUT2D eigenvalue weighted by Crippen LogP contribution is -2.51. The number of fused-ring (bicyclic) bond motifs is 6. The predicted molar refractivity (Wildman–Crippen MR) is 165 cm³/mol. The van der Waals surface area contributed by atoms with Gasteiger partial charge in [-0.25, -0.2) is 0 Å². The van der Waals surface area contributed by atoms with E-state index in [1.54, 1.807) is 55.6 Å². The van der Waals surface area contributed by atoms with Crippen LogP contribution in [-0.4, -0.2) is 42.6 Å². The zero-order valence-corrected chi connectivity index (χ0v) is 24.0.